The van der Waals surface area contributed by atoms with Gasteiger partial charge in [-0.2, -0.15) is 0 Å². The largest absolute Gasteiger partial charge is 0.496 e. The molecular weight excluding hydrogens is 355 g/mol. The van der Waals surface area contributed by atoms with Crippen molar-refractivity contribution in [3.63, 3.8) is 0 Å². The van der Waals surface area contributed by atoms with Crippen molar-refractivity contribution in [3.05, 3.63) is 63.9 Å². The molecule has 112 valence electrons. The first kappa shape index (κ1) is 16.3. The third-order valence-corrected chi connectivity index (χ3v) is 4.78. The zero-order valence-corrected chi connectivity index (χ0v) is 14.1. The highest BCUT2D eigenvalue weighted by Crippen LogP contribution is 2.27. The Labute approximate surface area is 138 Å². The van der Waals surface area contributed by atoms with Crippen molar-refractivity contribution in [1.82, 2.24) is 0 Å². The van der Waals surface area contributed by atoms with E-state index in [0.717, 1.165) is 29.7 Å². The van der Waals surface area contributed by atoms with E-state index in [2.05, 4.69) is 15.9 Å². The first-order chi connectivity index (χ1) is 10.2. The Balaban J connectivity index is 2.15. The lowest BCUT2D eigenvalue weighted by molar-refractivity contribution is 0.405. The number of alkyl halides is 1. The fourth-order valence-electron chi connectivity index (χ4n) is 2.38. The molecule has 0 aromatic heterocycles. The lowest BCUT2D eigenvalue weighted by atomic mass is 9.93. The van der Waals surface area contributed by atoms with Crippen molar-refractivity contribution >= 4 is 27.5 Å². The van der Waals surface area contributed by atoms with Crippen molar-refractivity contribution in [2.75, 3.05) is 13.0 Å². The van der Waals surface area contributed by atoms with Crippen molar-refractivity contribution in [2.45, 2.75) is 12.8 Å². The van der Waals surface area contributed by atoms with Crippen LogP contribution in [0.5, 0.6) is 5.75 Å². The topological polar surface area (TPSA) is 9.23 Å². The SMILES string of the molecule is COc1ccccc1CC(CCl)Cc1cccc(F)c1Br. The molecule has 0 spiro atoms. The van der Waals surface area contributed by atoms with Gasteiger partial charge >= 0.3 is 0 Å². The highest BCUT2D eigenvalue weighted by Gasteiger charge is 2.15. The number of hydrogen-bond donors (Lipinski definition) is 0. The van der Waals surface area contributed by atoms with E-state index in [1.54, 1.807) is 13.2 Å². The molecule has 0 N–H and O–H groups in total. The third kappa shape index (κ3) is 4.21. The predicted molar refractivity (Wildman–Crippen MR) is 88.7 cm³/mol. The van der Waals surface area contributed by atoms with Crippen LogP contribution < -0.4 is 4.74 Å². The lowest BCUT2D eigenvalue weighted by Gasteiger charge is -2.17. The maximum Gasteiger partial charge on any atom is 0.137 e. The van der Waals surface area contributed by atoms with Gasteiger partial charge in [-0.05, 0) is 57.9 Å². The summed E-state index contributed by atoms with van der Waals surface area (Å²) in [6.45, 7) is 0. The fourth-order valence-corrected chi connectivity index (χ4v) is 3.03. The number of hydrogen-bond acceptors (Lipinski definition) is 1. The Bertz CT molecular complexity index is 603. The van der Waals surface area contributed by atoms with Crippen LogP contribution in [0.4, 0.5) is 4.39 Å². The van der Waals surface area contributed by atoms with Gasteiger partial charge in [0.15, 0.2) is 0 Å². The molecule has 21 heavy (non-hydrogen) atoms. The first-order valence-electron chi connectivity index (χ1n) is 6.76. The molecular formula is C17H17BrClFO. The van der Waals surface area contributed by atoms with Gasteiger partial charge in [0.05, 0.1) is 11.6 Å². The molecule has 0 bridgehead atoms. The molecule has 0 aliphatic carbocycles. The van der Waals surface area contributed by atoms with E-state index in [9.17, 15) is 4.39 Å². The van der Waals surface area contributed by atoms with Crippen LogP contribution in [-0.4, -0.2) is 13.0 Å². The zero-order valence-electron chi connectivity index (χ0n) is 11.8. The summed E-state index contributed by atoms with van der Waals surface area (Å²) < 4.78 is 19.5. The Kier molecular flexibility index (Phi) is 6.07. The summed E-state index contributed by atoms with van der Waals surface area (Å²) in [5, 5.41) is 0. The van der Waals surface area contributed by atoms with Gasteiger partial charge in [-0.3, -0.25) is 0 Å². The highest BCUT2D eigenvalue weighted by atomic mass is 79.9. The Morgan fingerprint density at radius 3 is 2.48 bits per heavy atom. The van der Waals surface area contributed by atoms with Gasteiger partial charge in [0.25, 0.3) is 0 Å². The van der Waals surface area contributed by atoms with Gasteiger partial charge in [-0.1, -0.05) is 30.3 Å². The second-order valence-electron chi connectivity index (χ2n) is 4.95. The highest BCUT2D eigenvalue weighted by molar-refractivity contribution is 9.10. The van der Waals surface area contributed by atoms with E-state index in [0.29, 0.717) is 10.4 Å². The molecule has 1 atom stereocenters. The quantitative estimate of drug-likeness (QED) is 0.631. The normalized spacial score (nSPS) is 12.2. The van der Waals surface area contributed by atoms with E-state index in [-0.39, 0.29) is 11.7 Å². The van der Waals surface area contributed by atoms with Gasteiger partial charge in [-0.25, -0.2) is 4.39 Å². The molecule has 0 aliphatic heterocycles. The van der Waals surface area contributed by atoms with E-state index in [4.69, 9.17) is 16.3 Å². The minimum Gasteiger partial charge on any atom is -0.496 e. The van der Waals surface area contributed by atoms with Crippen molar-refractivity contribution in [1.29, 1.82) is 0 Å². The molecule has 4 heteroatoms. The van der Waals surface area contributed by atoms with E-state index >= 15 is 0 Å². The number of methoxy groups -OCH3 is 1. The van der Waals surface area contributed by atoms with Crippen LogP contribution in [-0.2, 0) is 12.8 Å². The van der Waals surface area contributed by atoms with E-state index < -0.39 is 0 Å². The minimum atomic E-state index is -0.238. The van der Waals surface area contributed by atoms with Crippen LogP contribution in [0.2, 0.25) is 0 Å². The maximum absolute atomic E-state index is 13.6. The summed E-state index contributed by atoms with van der Waals surface area (Å²) in [4.78, 5) is 0. The molecule has 0 amide bonds. The minimum absolute atomic E-state index is 0.223. The molecule has 1 unspecified atom stereocenters. The molecule has 0 fully saturated rings. The zero-order chi connectivity index (χ0) is 15.2. The van der Waals surface area contributed by atoms with Gasteiger partial charge in [0, 0.05) is 5.88 Å². The average Bonchev–Trinajstić information content (AvgIpc) is 2.51. The van der Waals surface area contributed by atoms with E-state index in [1.807, 2.05) is 30.3 Å². The molecule has 2 aromatic rings. The van der Waals surface area contributed by atoms with Crippen LogP contribution in [0.25, 0.3) is 0 Å². The molecule has 0 saturated carbocycles. The molecule has 0 heterocycles. The maximum atomic E-state index is 13.6. The molecule has 1 nitrogen and oxygen atoms in total. The third-order valence-electron chi connectivity index (χ3n) is 3.46. The number of rotatable bonds is 6. The summed E-state index contributed by atoms with van der Waals surface area (Å²) in [5.41, 5.74) is 2.06. The summed E-state index contributed by atoms with van der Waals surface area (Å²) in [6.07, 6.45) is 1.52. The number of para-hydroxylation sites is 1. The van der Waals surface area contributed by atoms with Gasteiger partial charge in [0.2, 0.25) is 0 Å². The average molecular weight is 372 g/mol. The number of ether oxygens (including phenoxy) is 1. The molecule has 2 aromatic carbocycles. The van der Waals surface area contributed by atoms with Crippen molar-refractivity contribution in [2.24, 2.45) is 5.92 Å². The fraction of sp³-hybridized carbons (Fsp3) is 0.294. The summed E-state index contributed by atoms with van der Waals surface area (Å²) in [7, 11) is 1.66. The second kappa shape index (κ2) is 7.81. The van der Waals surface area contributed by atoms with Crippen molar-refractivity contribution < 1.29 is 9.13 Å². The Morgan fingerprint density at radius 1 is 1.10 bits per heavy atom. The number of benzene rings is 2. The smallest absolute Gasteiger partial charge is 0.137 e. The Morgan fingerprint density at radius 2 is 1.76 bits per heavy atom. The summed E-state index contributed by atoms with van der Waals surface area (Å²) in [5.74, 6) is 1.37. The van der Waals surface area contributed by atoms with Crippen molar-refractivity contribution in [3.8, 4) is 5.75 Å². The lowest BCUT2D eigenvalue weighted by Crippen LogP contribution is -2.11. The van der Waals surface area contributed by atoms with Crippen LogP contribution >= 0.6 is 27.5 Å². The molecule has 0 aliphatic rings. The predicted octanol–water partition coefficient (Wildman–Crippen LogP) is 5.24. The second-order valence-corrected chi connectivity index (χ2v) is 6.05. The van der Waals surface area contributed by atoms with Gasteiger partial charge < -0.3 is 4.74 Å². The summed E-state index contributed by atoms with van der Waals surface area (Å²) in [6, 6.07) is 13.0. The molecule has 2 rings (SSSR count). The standard InChI is InChI=1S/C17H17BrClFO/c1-21-16-8-3-2-5-13(16)9-12(11-19)10-14-6-4-7-15(20)17(14)18/h2-8,12H,9-11H2,1H3. The van der Waals surface area contributed by atoms with Crippen LogP contribution in [0.15, 0.2) is 46.9 Å². The van der Waals surface area contributed by atoms with Crippen LogP contribution in [0.1, 0.15) is 11.1 Å². The first-order valence-corrected chi connectivity index (χ1v) is 8.09. The molecule has 0 saturated heterocycles. The molecule has 0 radical (unpaired) electrons. The van der Waals surface area contributed by atoms with Crippen LogP contribution in [0, 0.1) is 11.7 Å². The van der Waals surface area contributed by atoms with E-state index in [1.165, 1.54) is 6.07 Å². The number of halogens is 3. The summed E-state index contributed by atoms with van der Waals surface area (Å²) >= 11 is 9.41. The van der Waals surface area contributed by atoms with Gasteiger partial charge in [0.1, 0.15) is 11.6 Å². The van der Waals surface area contributed by atoms with Crippen LogP contribution in [0.3, 0.4) is 0 Å². The monoisotopic (exact) mass is 370 g/mol. The Hall–Kier alpha value is -1.06. The van der Waals surface area contributed by atoms with Gasteiger partial charge in [-0.15, -0.1) is 11.6 Å².